The van der Waals surface area contributed by atoms with Crippen LogP contribution < -0.4 is 16.4 Å². The number of aromatic nitrogens is 3. The van der Waals surface area contributed by atoms with Crippen molar-refractivity contribution in [1.82, 2.24) is 15.0 Å². The van der Waals surface area contributed by atoms with Crippen molar-refractivity contribution in [3.05, 3.63) is 22.7 Å². The third kappa shape index (κ3) is 2.57. The number of nitrogen functional groups attached to an aromatic ring is 1. The summed E-state index contributed by atoms with van der Waals surface area (Å²) in [6, 6.07) is 1.80. The first-order chi connectivity index (χ1) is 7.78. The summed E-state index contributed by atoms with van der Waals surface area (Å²) in [5.74, 6) is 1.62. The number of nitrogens with two attached hydrogens (primary N) is 1. The molecule has 16 heavy (non-hydrogen) atoms. The molecule has 2 aromatic rings. The van der Waals surface area contributed by atoms with Crippen LogP contribution in [0.2, 0.25) is 0 Å². The van der Waals surface area contributed by atoms with E-state index in [-0.39, 0.29) is 5.95 Å². The molecule has 0 radical (unpaired) electrons. The first-order valence-electron chi connectivity index (χ1n) is 4.72. The molecule has 0 aliphatic rings. The molecule has 2 heterocycles. The van der Waals surface area contributed by atoms with Gasteiger partial charge in [-0.1, -0.05) is 0 Å². The normalized spacial score (nSPS) is 10.1. The van der Waals surface area contributed by atoms with Gasteiger partial charge in [-0.2, -0.15) is 9.97 Å². The van der Waals surface area contributed by atoms with Gasteiger partial charge in [-0.05, 0) is 0 Å². The first-order valence-corrected chi connectivity index (χ1v) is 5.60. The minimum absolute atomic E-state index is 0.244. The molecule has 0 aromatic carbocycles. The fourth-order valence-corrected chi connectivity index (χ4v) is 1.75. The molecule has 0 amide bonds. The fraction of sp³-hybridized carbons (Fsp3) is 0.222. The van der Waals surface area contributed by atoms with Crippen LogP contribution in [-0.4, -0.2) is 22.0 Å². The first kappa shape index (κ1) is 10.6. The Hall–Kier alpha value is -1.89. The number of hydrogen-bond acceptors (Lipinski definition) is 7. The van der Waals surface area contributed by atoms with E-state index in [1.54, 1.807) is 30.6 Å². The SMILES string of the molecule is CNc1cc(NCc2nccs2)nc(N)n1. The minimum atomic E-state index is 0.244. The van der Waals surface area contributed by atoms with E-state index in [0.29, 0.717) is 18.2 Å². The molecule has 0 spiro atoms. The molecule has 0 aliphatic carbocycles. The lowest BCUT2D eigenvalue weighted by Gasteiger charge is -2.06. The van der Waals surface area contributed by atoms with Gasteiger partial charge < -0.3 is 16.4 Å². The minimum Gasteiger partial charge on any atom is -0.373 e. The molecule has 0 saturated carbocycles. The number of hydrogen-bond donors (Lipinski definition) is 3. The van der Waals surface area contributed by atoms with Crippen molar-refractivity contribution in [1.29, 1.82) is 0 Å². The quantitative estimate of drug-likeness (QED) is 0.738. The Morgan fingerprint density at radius 1 is 1.38 bits per heavy atom. The highest BCUT2D eigenvalue weighted by Gasteiger charge is 2.01. The topological polar surface area (TPSA) is 88.8 Å². The van der Waals surface area contributed by atoms with Gasteiger partial charge >= 0.3 is 0 Å². The molecule has 6 nitrogen and oxygen atoms in total. The van der Waals surface area contributed by atoms with Crippen LogP contribution in [-0.2, 0) is 6.54 Å². The number of anilines is 3. The van der Waals surface area contributed by atoms with Crippen LogP contribution in [0, 0.1) is 0 Å². The van der Waals surface area contributed by atoms with E-state index in [1.807, 2.05) is 5.38 Å². The van der Waals surface area contributed by atoms with E-state index in [2.05, 4.69) is 25.6 Å². The van der Waals surface area contributed by atoms with Gasteiger partial charge in [0.2, 0.25) is 5.95 Å². The molecule has 0 fully saturated rings. The van der Waals surface area contributed by atoms with Crippen molar-refractivity contribution in [2.24, 2.45) is 0 Å². The number of nitrogens with one attached hydrogen (secondary N) is 2. The van der Waals surface area contributed by atoms with Crippen LogP contribution in [0.15, 0.2) is 17.6 Å². The van der Waals surface area contributed by atoms with E-state index < -0.39 is 0 Å². The van der Waals surface area contributed by atoms with Gasteiger partial charge in [-0.25, -0.2) is 4.98 Å². The average molecular weight is 236 g/mol. The average Bonchev–Trinajstić information content (AvgIpc) is 2.78. The Bertz CT molecular complexity index is 455. The lowest BCUT2D eigenvalue weighted by molar-refractivity contribution is 1.06. The molecular weight excluding hydrogens is 224 g/mol. The zero-order chi connectivity index (χ0) is 11.4. The lowest BCUT2D eigenvalue weighted by atomic mass is 10.5. The third-order valence-corrected chi connectivity index (χ3v) is 2.68. The van der Waals surface area contributed by atoms with E-state index in [1.165, 1.54) is 0 Å². The molecule has 84 valence electrons. The summed E-state index contributed by atoms with van der Waals surface area (Å²) in [6.07, 6.45) is 1.77. The van der Waals surface area contributed by atoms with Crippen LogP contribution in [0.5, 0.6) is 0 Å². The summed E-state index contributed by atoms with van der Waals surface area (Å²) < 4.78 is 0. The molecule has 7 heteroatoms. The molecule has 0 bridgehead atoms. The molecule has 4 N–H and O–H groups in total. The van der Waals surface area contributed by atoms with Crippen LogP contribution in [0.25, 0.3) is 0 Å². The van der Waals surface area contributed by atoms with Crippen molar-refractivity contribution in [3.63, 3.8) is 0 Å². The standard InChI is InChI=1S/C9H12N6S/c1-11-6-4-7(15-9(10)14-6)13-5-8-12-2-3-16-8/h2-4H,5H2,1H3,(H4,10,11,13,14,15). The van der Waals surface area contributed by atoms with Gasteiger partial charge in [0.05, 0.1) is 6.54 Å². The number of rotatable bonds is 4. The second kappa shape index (κ2) is 4.75. The second-order valence-corrected chi connectivity index (χ2v) is 4.01. The van der Waals surface area contributed by atoms with E-state index >= 15 is 0 Å². The van der Waals surface area contributed by atoms with Gasteiger partial charge in [0.15, 0.2) is 0 Å². The van der Waals surface area contributed by atoms with Crippen LogP contribution >= 0.6 is 11.3 Å². The predicted molar refractivity (Wildman–Crippen MR) is 65.4 cm³/mol. The van der Waals surface area contributed by atoms with Crippen molar-refractivity contribution >= 4 is 28.9 Å². The Morgan fingerprint density at radius 2 is 2.19 bits per heavy atom. The second-order valence-electron chi connectivity index (χ2n) is 3.03. The fourth-order valence-electron chi connectivity index (χ4n) is 1.19. The summed E-state index contributed by atoms with van der Waals surface area (Å²) in [5, 5.41) is 8.99. The molecule has 0 aliphatic heterocycles. The maximum atomic E-state index is 5.57. The smallest absolute Gasteiger partial charge is 0.223 e. The van der Waals surface area contributed by atoms with Gasteiger partial charge in [0, 0.05) is 24.7 Å². The zero-order valence-electron chi connectivity index (χ0n) is 8.77. The molecule has 0 unspecified atom stereocenters. The Kier molecular flexibility index (Phi) is 3.16. The van der Waals surface area contributed by atoms with Crippen molar-refractivity contribution in [2.75, 3.05) is 23.4 Å². The number of nitrogens with zero attached hydrogens (tertiary/aromatic N) is 3. The van der Waals surface area contributed by atoms with Crippen molar-refractivity contribution in [2.45, 2.75) is 6.54 Å². The largest absolute Gasteiger partial charge is 0.373 e. The van der Waals surface area contributed by atoms with E-state index in [9.17, 15) is 0 Å². The lowest BCUT2D eigenvalue weighted by Crippen LogP contribution is -2.06. The molecule has 2 aromatic heterocycles. The summed E-state index contributed by atoms with van der Waals surface area (Å²) in [7, 11) is 1.78. The van der Waals surface area contributed by atoms with E-state index in [4.69, 9.17) is 5.73 Å². The summed E-state index contributed by atoms with van der Waals surface area (Å²) in [5.41, 5.74) is 5.57. The van der Waals surface area contributed by atoms with Gasteiger partial charge in [0.25, 0.3) is 0 Å². The highest BCUT2D eigenvalue weighted by molar-refractivity contribution is 7.09. The number of thiazole rings is 1. The monoisotopic (exact) mass is 236 g/mol. The van der Waals surface area contributed by atoms with Crippen molar-refractivity contribution in [3.8, 4) is 0 Å². The Labute approximate surface area is 97.0 Å². The summed E-state index contributed by atoms with van der Waals surface area (Å²) in [6.45, 7) is 0.636. The predicted octanol–water partition coefficient (Wildman–Crippen LogP) is 1.17. The van der Waals surface area contributed by atoms with Crippen LogP contribution in [0.3, 0.4) is 0 Å². The van der Waals surface area contributed by atoms with Crippen LogP contribution in [0.1, 0.15) is 5.01 Å². The van der Waals surface area contributed by atoms with Gasteiger partial charge in [0.1, 0.15) is 16.6 Å². The highest BCUT2D eigenvalue weighted by Crippen LogP contribution is 2.13. The van der Waals surface area contributed by atoms with E-state index in [0.717, 1.165) is 5.01 Å². The Balaban J connectivity index is 2.06. The summed E-state index contributed by atoms with van der Waals surface area (Å²) in [4.78, 5) is 12.2. The van der Waals surface area contributed by atoms with Gasteiger partial charge in [-0.15, -0.1) is 11.3 Å². The molecular formula is C9H12N6S. The highest BCUT2D eigenvalue weighted by atomic mass is 32.1. The molecule has 0 atom stereocenters. The third-order valence-electron chi connectivity index (χ3n) is 1.90. The maximum absolute atomic E-state index is 5.57. The van der Waals surface area contributed by atoms with Gasteiger partial charge in [-0.3, -0.25) is 0 Å². The van der Waals surface area contributed by atoms with Crippen molar-refractivity contribution < 1.29 is 0 Å². The Morgan fingerprint density at radius 3 is 2.88 bits per heavy atom. The maximum Gasteiger partial charge on any atom is 0.223 e. The van der Waals surface area contributed by atoms with Crippen LogP contribution in [0.4, 0.5) is 17.6 Å². The summed E-state index contributed by atoms with van der Waals surface area (Å²) >= 11 is 1.59. The molecule has 0 saturated heterocycles. The zero-order valence-corrected chi connectivity index (χ0v) is 9.58. The molecule has 2 rings (SSSR count).